The Morgan fingerprint density at radius 1 is 1.12 bits per heavy atom. The zero-order chi connectivity index (χ0) is 17.9. The van der Waals surface area contributed by atoms with Gasteiger partial charge in [-0.25, -0.2) is 9.50 Å². The molecule has 0 aliphatic heterocycles. The lowest BCUT2D eigenvalue weighted by Gasteiger charge is -2.11. The average molecular weight is 401 g/mol. The fraction of sp³-hybridized carbons (Fsp3) is 0.250. The van der Waals surface area contributed by atoms with Crippen molar-refractivity contribution in [2.24, 2.45) is 0 Å². The largest absolute Gasteiger partial charge is 0.433 e. The molecule has 0 atom stereocenters. The summed E-state index contributed by atoms with van der Waals surface area (Å²) in [5, 5.41) is 6.51. The van der Waals surface area contributed by atoms with Crippen LogP contribution in [0.1, 0.15) is 11.3 Å². The molecule has 3 aromatic rings. The van der Waals surface area contributed by atoms with Crippen molar-refractivity contribution in [3.05, 3.63) is 52.3 Å². The molecular formula is C16H16BrF3N4. The Balaban J connectivity index is 0.000000647. The first kappa shape index (κ1) is 18.4. The first-order valence-corrected chi connectivity index (χ1v) is 7.84. The minimum Gasteiger partial charge on any atom is -0.323 e. The minimum atomic E-state index is -4.50. The van der Waals surface area contributed by atoms with Gasteiger partial charge in [-0.3, -0.25) is 0 Å². The first-order chi connectivity index (χ1) is 11.3. The van der Waals surface area contributed by atoms with Crippen LogP contribution in [0.4, 0.5) is 13.2 Å². The van der Waals surface area contributed by atoms with Crippen molar-refractivity contribution in [3.8, 4) is 11.3 Å². The van der Waals surface area contributed by atoms with Gasteiger partial charge in [0.1, 0.15) is 0 Å². The Morgan fingerprint density at radius 3 is 2.25 bits per heavy atom. The Bertz CT molecular complexity index is 826. The quantitative estimate of drug-likeness (QED) is 0.661. The summed E-state index contributed by atoms with van der Waals surface area (Å²) in [6.07, 6.45) is -3.12. The molecule has 0 bridgehead atoms. The lowest BCUT2D eigenvalue weighted by Crippen LogP contribution is -2.13. The summed E-state index contributed by atoms with van der Waals surface area (Å²) < 4.78 is 41.3. The SMILES string of the molecule is CNC.Cc1cnn2c(C(F)(F)F)cc(-c3ccc(Br)cc3)nc12. The van der Waals surface area contributed by atoms with Crippen molar-refractivity contribution in [2.45, 2.75) is 13.1 Å². The third-order valence-electron chi connectivity index (χ3n) is 3.08. The molecule has 3 rings (SSSR count). The van der Waals surface area contributed by atoms with Gasteiger partial charge in [-0.1, -0.05) is 28.1 Å². The maximum Gasteiger partial charge on any atom is 0.433 e. The van der Waals surface area contributed by atoms with E-state index in [0.717, 1.165) is 15.1 Å². The van der Waals surface area contributed by atoms with Crippen LogP contribution < -0.4 is 5.32 Å². The molecule has 8 heteroatoms. The van der Waals surface area contributed by atoms with Crippen molar-refractivity contribution < 1.29 is 13.2 Å². The lowest BCUT2D eigenvalue weighted by molar-refractivity contribution is -0.142. The van der Waals surface area contributed by atoms with Gasteiger partial charge >= 0.3 is 6.18 Å². The van der Waals surface area contributed by atoms with Gasteiger partial charge in [-0.15, -0.1) is 0 Å². The van der Waals surface area contributed by atoms with Crippen LogP contribution in [0.25, 0.3) is 16.9 Å². The molecule has 2 heterocycles. The van der Waals surface area contributed by atoms with E-state index in [4.69, 9.17) is 0 Å². The van der Waals surface area contributed by atoms with Crippen molar-refractivity contribution in [2.75, 3.05) is 14.1 Å². The number of halogens is 4. The molecule has 0 unspecified atom stereocenters. The highest BCUT2D eigenvalue weighted by atomic mass is 79.9. The fourth-order valence-electron chi connectivity index (χ4n) is 2.04. The van der Waals surface area contributed by atoms with Crippen LogP contribution in [0.5, 0.6) is 0 Å². The van der Waals surface area contributed by atoms with E-state index in [-0.39, 0.29) is 11.3 Å². The maximum absolute atomic E-state index is 13.2. The Kier molecular flexibility index (Phi) is 5.61. The summed E-state index contributed by atoms with van der Waals surface area (Å²) in [5.41, 5.74) is 0.860. The highest BCUT2D eigenvalue weighted by molar-refractivity contribution is 9.10. The van der Waals surface area contributed by atoms with E-state index >= 15 is 0 Å². The zero-order valence-corrected chi connectivity index (χ0v) is 14.9. The van der Waals surface area contributed by atoms with Crippen LogP contribution in [-0.2, 0) is 6.18 Å². The molecule has 0 saturated heterocycles. The number of hydrogen-bond acceptors (Lipinski definition) is 3. The number of aromatic nitrogens is 3. The van der Waals surface area contributed by atoms with Gasteiger partial charge in [0.2, 0.25) is 0 Å². The standard InChI is InChI=1S/C14H9BrF3N3.C2H7N/c1-8-7-19-21-12(14(16,17)18)6-11(20-13(8)21)9-2-4-10(15)5-3-9;1-3-2/h2-7H,1H3;3H,1-2H3. The molecule has 1 aromatic carbocycles. The summed E-state index contributed by atoms with van der Waals surface area (Å²) in [5.74, 6) is 0. The van der Waals surface area contributed by atoms with E-state index in [0.29, 0.717) is 11.1 Å². The lowest BCUT2D eigenvalue weighted by atomic mass is 10.1. The van der Waals surface area contributed by atoms with Crippen LogP contribution in [0.3, 0.4) is 0 Å². The van der Waals surface area contributed by atoms with Gasteiger partial charge < -0.3 is 5.32 Å². The van der Waals surface area contributed by atoms with Crippen molar-refractivity contribution in [1.82, 2.24) is 19.9 Å². The van der Waals surface area contributed by atoms with Gasteiger partial charge in [0.25, 0.3) is 0 Å². The third-order valence-corrected chi connectivity index (χ3v) is 3.61. The summed E-state index contributed by atoms with van der Waals surface area (Å²) in [6, 6.07) is 7.97. The van der Waals surface area contributed by atoms with Crippen LogP contribution in [0.15, 0.2) is 41.0 Å². The molecule has 0 spiro atoms. The number of hydrogen-bond donors (Lipinski definition) is 1. The first-order valence-electron chi connectivity index (χ1n) is 7.05. The number of nitrogens with zero attached hydrogens (tertiary/aromatic N) is 3. The van der Waals surface area contributed by atoms with Crippen LogP contribution >= 0.6 is 15.9 Å². The summed E-state index contributed by atoms with van der Waals surface area (Å²) in [4.78, 5) is 4.29. The number of fused-ring (bicyclic) bond motifs is 1. The molecule has 0 amide bonds. The Morgan fingerprint density at radius 2 is 1.71 bits per heavy atom. The number of aryl methyl sites for hydroxylation is 1. The molecule has 0 radical (unpaired) electrons. The van der Waals surface area contributed by atoms with E-state index in [9.17, 15) is 13.2 Å². The van der Waals surface area contributed by atoms with Gasteiger partial charge in [-0.05, 0) is 39.2 Å². The second-order valence-corrected chi connectivity index (χ2v) is 6.01. The van der Waals surface area contributed by atoms with E-state index in [1.165, 1.54) is 6.20 Å². The van der Waals surface area contributed by atoms with E-state index < -0.39 is 11.9 Å². The summed E-state index contributed by atoms with van der Waals surface area (Å²) in [6.45, 7) is 1.68. The molecule has 1 N–H and O–H groups in total. The van der Waals surface area contributed by atoms with Gasteiger partial charge in [-0.2, -0.15) is 18.3 Å². The van der Waals surface area contributed by atoms with Gasteiger partial charge in [0.05, 0.1) is 11.9 Å². The molecular weight excluding hydrogens is 385 g/mol. The van der Waals surface area contributed by atoms with E-state index in [2.05, 4.69) is 31.3 Å². The summed E-state index contributed by atoms with van der Waals surface area (Å²) in [7, 11) is 3.75. The smallest absolute Gasteiger partial charge is 0.323 e. The molecule has 128 valence electrons. The van der Waals surface area contributed by atoms with Crippen LogP contribution in [-0.4, -0.2) is 28.7 Å². The number of benzene rings is 1. The van der Waals surface area contributed by atoms with Crippen LogP contribution in [0, 0.1) is 6.92 Å². The zero-order valence-electron chi connectivity index (χ0n) is 13.3. The molecule has 4 nitrogen and oxygen atoms in total. The monoisotopic (exact) mass is 400 g/mol. The number of alkyl halides is 3. The fourth-order valence-corrected chi connectivity index (χ4v) is 2.31. The van der Waals surface area contributed by atoms with Crippen molar-refractivity contribution in [3.63, 3.8) is 0 Å². The topological polar surface area (TPSA) is 42.2 Å². The number of nitrogens with one attached hydrogen (secondary N) is 1. The van der Waals surface area contributed by atoms with Gasteiger partial charge in [0.15, 0.2) is 11.3 Å². The summed E-state index contributed by atoms with van der Waals surface area (Å²) >= 11 is 3.29. The normalized spacial score (nSPS) is 11.3. The predicted molar refractivity (Wildman–Crippen MR) is 90.8 cm³/mol. The molecule has 0 saturated carbocycles. The maximum atomic E-state index is 13.2. The van der Waals surface area contributed by atoms with Crippen molar-refractivity contribution in [1.29, 1.82) is 0 Å². The Labute approximate surface area is 145 Å². The van der Waals surface area contributed by atoms with Crippen LogP contribution in [0.2, 0.25) is 0 Å². The van der Waals surface area contributed by atoms with Crippen molar-refractivity contribution >= 4 is 21.6 Å². The predicted octanol–water partition coefficient (Wildman–Crippen LogP) is 4.32. The molecule has 0 aliphatic rings. The van der Waals surface area contributed by atoms with E-state index in [1.54, 1.807) is 31.2 Å². The Hall–Kier alpha value is -1.93. The number of rotatable bonds is 1. The van der Waals surface area contributed by atoms with Gasteiger partial charge in [0, 0.05) is 15.6 Å². The average Bonchev–Trinajstić information content (AvgIpc) is 2.88. The highest BCUT2D eigenvalue weighted by Gasteiger charge is 2.35. The molecule has 2 aromatic heterocycles. The third kappa shape index (κ3) is 3.93. The molecule has 24 heavy (non-hydrogen) atoms. The molecule has 0 aliphatic carbocycles. The van der Waals surface area contributed by atoms with E-state index in [1.807, 2.05) is 14.1 Å². The minimum absolute atomic E-state index is 0.211. The second-order valence-electron chi connectivity index (χ2n) is 5.09. The second kappa shape index (κ2) is 7.31. The molecule has 0 fully saturated rings. The highest BCUT2D eigenvalue weighted by Crippen LogP contribution is 2.32.